The van der Waals surface area contributed by atoms with Gasteiger partial charge in [0, 0.05) is 7.05 Å². The molecule has 0 saturated heterocycles. The average molecular weight is 302 g/mol. The fourth-order valence-corrected chi connectivity index (χ4v) is 1.88. The third kappa shape index (κ3) is 2.66. The summed E-state index contributed by atoms with van der Waals surface area (Å²) in [5.74, 6) is -0.359. The molecule has 0 saturated carbocycles. The molecule has 0 atom stereocenters. The Morgan fingerprint density at radius 1 is 1.37 bits per heavy atom. The van der Waals surface area contributed by atoms with E-state index in [0.717, 1.165) is 0 Å². The second kappa shape index (κ2) is 5.50. The fourth-order valence-electron chi connectivity index (χ4n) is 1.39. The first-order valence-corrected chi connectivity index (χ1v) is 6.04. The molecule has 0 aliphatic carbocycles. The lowest BCUT2D eigenvalue weighted by Crippen LogP contribution is -2.11. The fraction of sp³-hybridized carbons (Fsp3) is 0.300. The quantitative estimate of drug-likeness (QED) is 0.634. The predicted octanol–water partition coefficient (Wildman–Crippen LogP) is 1.76. The largest absolute Gasteiger partial charge is 0.460 e. The van der Waals surface area contributed by atoms with Crippen LogP contribution in [0.1, 0.15) is 17.5 Å². The Kier molecular flexibility index (Phi) is 3.96. The first-order valence-electron chi connectivity index (χ1n) is 5.29. The third-order valence-electron chi connectivity index (χ3n) is 2.20. The zero-order chi connectivity index (χ0) is 14.0. The summed E-state index contributed by atoms with van der Waals surface area (Å²) in [5, 5.41) is 4.29. The van der Waals surface area contributed by atoms with Crippen molar-refractivity contribution < 1.29 is 9.53 Å². The number of nitrogens with zero attached hydrogens (tertiary/aromatic N) is 5. The van der Waals surface area contributed by atoms with Gasteiger partial charge in [0.1, 0.15) is 16.6 Å². The van der Waals surface area contributed by atoms with Crippen LogP contribution in [0.25, 0.3) is 11.4 Å². The molecule has 2 heterocycles. The van der Waals surface area contributed by atoms with Crippen LogP contribution < -0.4 is 0 Å². The number of carbonyl (C=O) groups is 1. The first kappa shape index (κ1) is 13.7. The maximum atomic E-state index is 11.6. The maximum absolute atomic E-state index is 11.6. The van der Waals surface area contributed by atoms with Crippen molar-refractivity contribution in [2.45, 2.75) is 6.92 Å². The number of rotatable bonds is 3. The van der Waals surface area contributed by atoms with Gasteiger partial charge in [-0.15, -0.1) is 0 Å². The summed E-state index contributed by atoms with van der Waals surface area (Å²) in [6.07, 6.45) is 1.23. The van der Waals surface area contributed by atoms with Crippen LogP contribution in [0.4, 0.5) is 0 Å². The first-order chi connectivity index (χ1) is 9.04. The van der Waals surface area contributed by atoms with Crippen LogP contribution in [-0.4, -0.2) is 37.3 Å². The van der Waals surface area contributed by atoms with Crippen LogP contribution >= 0.6 is 23.2 Å². The topological polar surface area (TPSA) is 82.8 Å². The van der Waals surface area contributed by atoms with Gasteiger partial charge in [0.05, 0.1) is 12.2 Å². The molecule has 2 rings (SSSR count). The number of aryl methyl sites for hydroxylation is 1. The number of hydrogen-bond donors (Lipinski definition) is 0. The molecule has 100 valence electrons. The lowest BCUT2D eigenvalue weighted by molar-refractivity contribution is 0.0506. The van der Waals surface area contributed by atoms with Gasteiger partial charge in [-0.05, 0) is 6.92 Å². The van der Waals surface area contributed by atoms with E-state index in [1.807, 2.05) is 0 Å². The Hall–Kier alpha value is -1.73. The Morgan fingerprint density at radius 2 is 2.00 bits per heavy atom. The normalized spacial score (nSPS) is 10.5. The molecule has 0 radical (unpaired) electrons. The zero-order valence-electron chi connectivity index (χ0n) is 10.1. The van der Waals surface area contributed by atoms with Crippen LogP contribution in [-0.2, 0) is 11.8 Å². The highest BCUT2D eigenvalue weighted by molar-refractivity contribution is 6.37. The Balaban J connectivity index is 2.48. The van der Waals surface area contributed by atoms with Crippen LogP contribution in [0.2, 0.25) is 10.3 Å². The average Bonchev–Trinajstić information content (AvgIpc) is 2.71. The third-order valence-corrected chi connectivity index (χ3v) is 2.77. The molecular weight excluding hydrogens is 293 g/mol. The SMILES string of the molecule is CCOC(=O)c1nc(-c2c(Cl)ncnc2Cl)nn1C. The van der Waals surface area contributed by atoms with Crippen LogP contribution in [0.3, 0.4) is 0 Å². The molecule has 7 nitrogen and oxygen atoms in total. The second-order valence-corrected chi connectivity index (χ2v) is 4.15. The molecular formula is C10H9Cl2N5O2. The van der Waals surface area contributed by atoms with Gasteiger partial charge >= 0.3 is 5.97 Å². The van der Waals surface area contributed by atoms with Crippen LogP contribution in [0, 0.1) is 0 Å². The molecule has 2 aromatic rings. The van der Waals surface area contributed by atoms with Gasteiger partial charge in [0.15, 0.2) is 5.82 Å². The Morgan fingerprint density at radius 3 is 2.58 bits per heavy atom. The second-order valence-electron chi connectivity index (χ2n) is 3.43. The number of esters is 1. The molecule has 0 aromatic carbocycles. The standard InChI is InChI=1S/C10H9Cl2N5O2/c1-3-19-10(18)9-15-8(16-17(9)2)5-6(11)13-4-14-7(5)12/h4H,3H2,1-2H3. The van der Waals surface area contributed by atoms with Gasteiger partial charge in [-0.2, -0.15) is 5.10 Å². The van der Waals surface area contributed by atoms with E-state index in [2.05, 4.69) is 20.1 Å². The lowest BCUT2D eigenvalue weighted by atomic mass is 10.3. The van der Waals surface area contributed by atoms with E-state index in [9.17, 15) is 4.79 Å². The summed E-state index contributed by atoms with van der Waals surface area (Å²) in [5.41, 5.74) is 0.275. The number of carbonyl (C=O) groups excluding carboxylic acids is 1. The number of ether oxygens (including phenoxy) is 1. The van der Waals surface area contributed by atoms with Crippen molar-refractivity contribution in [3.05, 3.63) is 22.5 Å². The van der Waals surface area contributed by atoms with Crippen molar-refractivity contribution in [2.75, 3.05) is 6.61 Å². The van der Waals surface area contributed by atoms with E-state index < -0.39 is 5.97 Å². The van der Waals surface area contributed by atoms with Gasteiger partial charge in [-0.25, -0.2) is 24.4 Å². The highest BCUT2D eigenvalue weighted by Crippen LogP contribution is 2.29. The molecule has 0 spiro atoms. The minimum absolute atomic E-state index is 0.0489. The molecule has 0 amide bonds. The van der Waals surface area contributed by atoms with E-state index in [0.29, 0.717) is 0 Å². The van der Waals surface area contributed by atoms with Crippen molar-refractivity contribution in [3.8, 4) is 11.4 Å². The molecule has 0 bridgehead atoms. The van der Waals surface area contributed by atoms with Gasteiger partial charge < -0.3 is 4.74 Å². The van der Waals surface area contributed by atoms with E-state index in [1.165, 1.54) is 11.0 Å². The van der Waals surface area contributed by atoms with Crippen molar-refractivity contribution in [2.24, 2.45) is 7.05 Å². The van der Waals surface area contributed by atoms with Crippen molar-refractivity contribution in [1.82, 2.24) is 24.7 Å². The highest BCUT2D eigenvalue weighted by atomic mass is 35.5. The molecule has 19 heavy (non-hydrogen) atoms. The van der Waals surface area contributed by atoms with E-state index in [4.69, 9.17) is 27.9 Å². The highest BCUT2D eigenvalue weighted by Gasteiger charge is 2.21. The molecule has 0 N–H and O–H groups in total. The van der Waals surface area contributed by atoms with Crippen molar-refractivity contribution >= 4 is 29.2 Å². The number of halogens is 2. The predicted molar refractivity (Wildman–Crippen MR) is 68.0 cm³/mol. The molecule has 0 aliphatic heterocycles. The zero-order valence-corrected chi connectivity index (χ0v) is 11.6. The summed E-state index contributed by atoms with van der Waals surface area (Å²) in [4.78, 5) is 23.3. The summed E-state index contributed by atoms with van der Waals surface area (Å²) in [6.45, 7) is 1.95. The number of hydrogen-bond acceptors (Lipinski definition) is 6. The van der Waals surface area contributed by atoms with E-state index in [-0.39, 0.29) is 34.1 Å². The van der Waals surface area contributed by atoms with E-state index >= 15 is 0 Å². The number of aromatic nitrogens is 5. The summed E-state index contributed by atoms with van der Waals surface area (Å²) < 4.78 is 6.14. The van der Waals surface area contributed by atoms with Crippen molar-refractivity contribution in [1.29, 1.82) is 0 Å². The lowest BCUT2D eigenvalue weighted by Gasteiger charge is -1.99. The monoisotopic (exact) mass is 301 g/mol. The van der Waals surface area contributed by atoms with Gasteiger partial charge in [0.2, 0.25) is 5.82 Å². The minimum atomic E-state index is -0.576. The summed E-state index contributed by atoms with van der Waals surface area (Å²) in [7, 11) is 1.56. The summed E-state index contributed by atoms with van der Waals surface area (Å²) in [6, 6.07) is 0. The smallest absolute Gasteiger partial charge is 0.376 e. The van der Waals surface area contributed by atoms with E-state index in [1.54, 1.807) is 14.0 Å². The summed E-state index contributed by atoms with van der Waals surface area (Å²) >= 11 is 11.9. The minimum Gasteiger partial charge on any atom is -0.460 e. The maximum Gasteiger partial charge on any atom is 0.376 e. The van der Waals surface area contributed by atoms with Crippen molar-refractivity contribution in [3.63, 3.8) is 0 Å². The molecule has 0 unspecified atom stereocenters. The van der Waals surface area contributed by atoms with Crippen LogP contribution in [0.15, 0.2) is 6.33 Å². The molecule has 9 heteroatoms. The van der Waals surface area contributed by atoms with Gasteiger partial charge in [0.25, 0.3) is 0 Å². The molecule has 0 fully saturated rings. The Bertz CT molecular complexity index is 608. The van der Waals surface area contributed by atoms with Crippen LogP contribution in [0.5, 0.6) is 0 Å². The Labute approximate surface area is 118 Å². The van der Waals surface area contributed by atoms with Gasteiger partial charge in [-0.1, -0.05) is 23.2 Å². The molecule has 2 aromatic heterocycles. The van der Waals surface area contributed by atoms with Gasteiger partial charge in [-0.3, -0.25) is 0 Å². The molecule has 0 aliphatic rings.